The molecule has 0 amide bonds. The predicted molar refractivity (Wildman–Crippen MR) is 61.9 cm³/mol. The van der Waals surface area contributed by atoms with Crippen molar-refractivity contribution in [2.24, 2.45) is 0 Å². The number of alkyl halides is 2. The molecule has 1 aromatic carbocycles. The average molecular weight is 271 g/mol. The van der Waals surface area contributed by atoms with Gasteiger partial charge in [-0.2, -0.15) is 0 Å². The molecule has 0 fully saturated rings. The summed E-state index contributed by atoms with van der Waals surface area (Å²) in [6, 6.07) is 7.85. The maximum atomic E-state index is 11.3. The minimum Gasteiger partial charge on any atom is -0.397 e. The first-order chi connectivity index (χ1) is 6.96. The van der Waals surface area contributed by atoms with E-state index in [4.69, 9.17) is 28.3 Å². The molecule has 0 saturated heterocycles. The molecule has 1 N–H and O–H groups in total. The topological polar surface area (TPSA) is 54.4 Å². The van der Waals surface area contributed by atoms with Gasteiger partial charge in [0.25, 0.3) is 0 Å². The highest BCUT2D eigenvalue weighted by atomic mass is 35.5. The molecule has 0 aliphatic heterocycles. The molecule has 1 aromatic rings. The van der Waals surface area contributed by atoms with Gasteiger partial charge in [0.1, 0.15) is 0 Å². The van der Waals surface area contributed by atoms with Gasteiger partial charge >= 0.3 is 0 Å². The third kappa shape index (κ3) is 4.84. The summed E-state index contributed by atoms with van der Waals surface area (Å²) in [5.41, 5.74) is 0. The highest BCUT2D eigenvalue weighted by molar-refractivity contribution is 7.94. The summed E-state index contributed by atoms with van der Waals surface area (Å²) in [6.07, 6.45) is 0. The normalized spacial score (nSPS) is 10.7. The molecule has 0 aliphatic carbocycles. The van der Waals surface area contributed by atoms with Crippen LogP contribution in [0.4, 0.5) is 0 Å². The lowest BCUT2D eigenvalue weighted by Gasteiger charge is -2.02. The Hall–Kier alpha value is -0.290. The number of halogens is 2. The zero-order chi connectivity index (χ0) is 11.9. The van der Waals surface area contributed by atoms with Gasteiger partial charge in [-0.1, -0.05) is 41.4 Å². The van der Waals surface area contributed by atoms with Crippen LogP contribution in [-0.2, 0) is 9.84 Å². The molecule has 0 heterocycles. The Morgan fingerprint density at radius 3 is 2.00 bits per heavy atom. The van der Waals surface area contributed by atoms with Crippen LogP contribution in [0.25, 0.3) is 0 Å². The van der Waals surface area contributed by atoms with Crippen molar-refractivity contribution >= 4 is 33.0 Å². The fourth-order valence-electron chi connectivity index (χ4n) is 0.713. The van der Waals surface area contributed by atoms with Gasteiger partial charge in [0, 0.05) is 6.61 Å². The molecule has 0 saturated carbocycles. The van der Waals surface area contributed by atoms with Gasteiger partial charge < -0.3 is 5.11 Å². The van der Waals surface area contributed by atoms with Crippen LogP contribution in [0.2, 0.25) is 0 Å². The lowest BCUT2D eigenvalue weighted by Crippen LogP contribution is -2.08. The molecule has 86 valence electrons. The van der Waals surface area contributed by atoms with Crippen LogP contribution in [0.3, 0.4) is 0 Å². The summed E-state index contributed by atoms with van der Waals surface area (Å²) >= 11 is 10.6. The number of benzene rings is 1. The molecule has 0 aliphatic rings. The zero-order valence-electron chi connectivity index (χ0n) is 8.10. The second-order valence-corrected chi connectivity index (χ2v) is 6.08. The van der Waals surface area contributed by atoms with Crippen LogP contribution >= 0.6 is 23.2 Å². The van der Waals surface area contributed by atoms with Gasteiger partial charge in [-0.05, 0) is 19.1 Å². The van der Waals surface area contributed by atoms with Crippen molar-refractivity contribution < 1.29 is 13.5 Å². The van der Waals surface area contributed by atoms with E-state index >= 15 is 0 Å². The molecule has 0 bridgehead atoms. The van der Waals surface area contributed by atoms with Crippen LogP contribution in [0.15, 0.2) is 35.2 Å². The van der Waals surface area contributed by atoms with E-state index in [1.807, 2.05) is 0 Å². The molecule has 0 spiro atoms. The van der Waals surface area contributed by atoms with Crippen molar-refractivity contribution in [3.05, 3.63) is 30.3 Å². The largest absolute Gasteiger partial charge is 0.397 e. The third-order valence-corrected chi connectivity index (χ3v) is 4.11. The Labute approximate surface area is 99.6 Å². The number of sulfone groups is 1. The van der Waals surface area contributed by atoms with Crippen LogP contribution in [0.1, 0.15) is 6.92 Å². The predicted octanol–water partition coefficient (Wildman–Crippen LogP) is 2.22. The molecule has 15 heavy (non-hydrogen) atoms. The maximum absolute atomic E-state index is 11.3. The van der Waals surface area contributed by atoms with Crippen LogP contribution in [0.5, 0.6) is 0 Å². The third-order valence-electron chi connectivity index (χ3n) is 1.31. The Morgan fingerprint density at radius 2 is 1.67 bits per heavy atom. The lowest BCUT2D eigenvalue weighted by atomic mass is 10.4. The number of aliphatic hydroxyl groups is 1. The minimum absolute atomic E-state index is 0.139. The van der Waals surface area contributed by atoms with Crippen molar-refractivity contribution in [3.8, 4) is 0 Å². The highest BCUT2D eigenvalue weighted by Gasteiger charge is 2.22. The second-order valence-electron chi connectivity index (χ2n) is 2.43. The summed E-state index contributed by atoms with van der Waals surface area (Å²) in [7, 11) is -3.55. The van der Waals surface area contributed by atoms with Gasteiger partial charge in [0.05, 0.1) is 4.90 Å². The standard InChI is InChI=1S/C7H6Cl2O2S.C2H6O/c8-7(9)12(10,11)6-4-2-1-3-5-6;1-2-3/h1-5,7H;3H,2H2,1H3. The van der Waals surface area contributed by atoms with Gasteiger partial charge in [-0.25, -0.2) is 8.42 Å². The highest BCUT2D eigenvalue weighted by Crippen LogP contribution is 2.20. The number of hydrogen-bond acceptors (Lipinski definition) is 3. The molecule has 3 nitrogen and oxygen atoms in total. The van der Waals surface area contributed by atoms with E-state index in [0.29, 0.717) is 0 Å². The number of aliphatic hydroxyl groups excluding tert-OH is 1. The van der Waals surface area contributed by atoms with E-state index in [2.05, 4.69) is 0 Å². The van der Waals surface area contributed by atoms with Crippen molar-refractivity contribution in [3.63, 3.8) is 0 Å². The van der Waals surface area contributed by atoms with E-state index in [0.717, 1.165) is 0 Å². The summed E-state index contributed by atoms with van der Waals surface area (Å²) < 4.78 is 21.1. The summed E-state index contributed by atoms with van der Waals surface area (Å²) in [5, 5.41) is 7.57. The average Bonchev–Trinajstić information content (AvgIpc) is 2.20. The van der Waals surface area contributed by atoms with E-state index in [-0.39, 0.29) is 11.5 Å². The summed E-state index contributed by atoms with van der Waals surface area (Å²) in [4.78, 5) is 0.139. The van der Waals surface area contributed by atoms with E-state index in [9.17, 15) is 8.42 Å². The molecular weight excluding hydrogens is 259 g/mol. The monoisotopic (exact) mass is 270 g/mol. The summed E-state index contributed by atoms with van der Waals surface area (Å²) in [6.45, 7) is 1.93. The molecule has 1 rings (SSSR count). The molecule has 6 heteroatoms. The fraction of sp³-hybridized carbons (Fsp3) is 0.333. The Bertz CT molecular complexity index is 362. The number of rotatable bonds is 2. The van der Waals surface area contributed by atoms with Crippen molar-refractivity contribution in [2.75, 3.05) is 6.61 Å². The first kappa shape index (κ1) is 14.7. The van der Waals surface area contributed by atoms with Crippen LogP contribution in [-0.4, -0.2) is 24.3 Å². The molecular formula is C9H12Cl2O3S. The van der Waals surface area contributed by atoms with Gasteiger partial charge in [0.15, 0.2) is 0 Å². The van der Waals surface area contributed by atoms with E-state index in [1.54, 1.807) is 25.1 Å². The quantitative estimate of drug-likeness (QED) is 0.839. The maximum Gasteiger partial charge on any atom is 0.212 e. The van der Waals surface area contributed by atoms with Gasteiger partial charge in [0.2, 0.25) is 14.0 Å². The minimum atomic E-state index is -3.55. The van der Waals surface area contributed by atoms with Gasteiger partial charge in [-0.3, -0.25) is 0 Å². The first-order valence-electron chi connectivity index (χ1n) is 4.14. The molecule has 0 radical (unpaired) electrons. The first-order valence-corrected chi connectivity index (χ1v) is 6.56. The van der Waals surface area contributed by atoms with Crippen LogP contribution < -0.4 is 0 Å². The molecule has 0 aromatic heterocycles. The molecule has 0 atom stereocenters. The van der Waals surface area contributed by atoms with Crippen molar-refractivity contribution in [1.29, 1.82) is 0 Å². The molecule has 0 unspecified atom stereocenters. The Balaban J connectivity index is 0.000000583. The Kier molecular flexibility index (Phi) is 6.92. The SMILES string of the molecule is CCO.O=S(=O)(c1ccccc1)C(Cl)Cl. The van der Waals surface area contributed by atoms with E-state index < -0.39 is 14.0 Å². The zero-order valence-corrected chi connectivity index (χ0v) is 10.4. The summed E-state index contributed by atoms with van der Waals surface area (Å²) in [5.74, 6) is 0. The van der Waals surface area contributed by atoms with Crippen molar-refractivity contribution in [2.45, 2.75) is 16.0 Å². The Morgan fingerprint density at radius 1 is 1.27 bits per heavy atom. The van der Waals surface area contributed by atoms with Gasteiger partial charge in [-0.15, -0.1) is 0 Å². The number of hydrogen-bond donors (Lipinski definition) is 1. The van der Waals surface area contributed by atoms with Crippen LogP contribution in [0, 0.1) is 0 Å². The lowest BCUT2D eigenvalue weighted by molar-refractivity contribution is 0.318. The van der Waals surface area contributed by atoms with E-state index in [1.165, 1.54) is 12.1 Å². The second kappa shape index (κ2) is 7.06. The van der Waals surface area contributed by atoms with Crippen molar-refractivity contribution in [1.82, 2.24) is 0 Å². The fourth-order valence-corrected chi connectivity index (χ4v) is 2.07. The smallest absolute Gasteiger partial charge is 0.212 e.